The van der Waals surface area contributed by atoms with E-state index in [0.717, 1.165) is 38.9 Å². The Hall–Kier alpha value is -1.99. The monoisotopic (exact) mass is 379 g/mol. The molecule has 27 heavy (non-hydrogen) atoms. The van der Waals surface area contributed by atoms with Crippen molar-refractivity contribution in [3.63, 3.8) is 0 Å². The van der Waals surface area contributed by atoms with Crippen LogP contribution in [0.25, 0.3) is 0 Å². The lowest BCUT2D eigenvalue weighted by atomic mass is 10.1. The normalized spacial score (nSPS) is 21.9. The molecular weight excluding hydrogens is 350 g/mol. The van der Waals surface area contributed by atoms with Crippen LogP contribution >= 0.6 is 0 Å². The second kappa shape index (κ2) is 9.28. The summed E-state index contributed by atoms with van der Waals surface area (Å²) in [4.78, 5) is 15.2. The Morgan fingerprint density at radius 1 is 0.963 bits per heavy atom. The molecule has 2 unspecified atom stereocenters. The molecule has 150 valence electrons. The van der Waals surface area contributed by atoms with Gasteiger partial charge < -0.3 is 28.6 Å². The zero-order valence-electron chi connectivity index (χ0n) is 16.4. The predicted octanol–water partition coefficient (Wildman–Crippen LogP) is 2.51. The van der Waals surface area contributed by atoms with Crippen LogP contribution in [-0.4, -0.2) is 70.6 Å². The van der Waals surface area contributed by atoms with Crippen molar-refractivity contribution in [2.75, 3.05) is 47.6 Å². The van der Waals surface area contributed by atoms with Gasteiger partial charge in [-0.3, -0.25) is 4.79 Å². The number of benzene rings is 1. The average Bonchev–Trinajstić information content (AvgIpc) is 3.39. The Bertz CT molecular complexity index is 594. The summed E-state index contributed by atoms with van der Waals surface area (Å²) in [5, 5.41) is 0. The second-order valence-corrected chi connectivity index (χ2v) is 6.89. The Morgan fingerprint density at radius 3 is 1.85 bits per heavy atom. The molecular formula is C20H29NO6. The molecule has 2 aliphatic rings. The number of ether oxygens (including phenoxy) is 5. The third-order valence-corrected chi connectivity index (χ3v) is 5.09. The summed E-state index contributed by atoms with van der Waals surface area (Å²) in [5.41, 5.74) is 0.500. The lowest BCUT2D eigenvalue weighted by Gasteiger charge is -2.28. The SMILES string of the molecule is COc1cc(C(=O)N(CC2CCCO2)CC2CCCO2)cc(OC)c1OC. The van der Waals surface area contributed by atoms with Crippen LogP contribution in [0.5, 0.6) is 17.2 Å². The maximum absolute atomic E-state index is 13.3. The largest absolute Gasteiger partial charge is 0.493 e. The highest BCUT2D eigenvalue weighted by Gasteiger charge is 2.28. The fourth-order valence-electron chi connectivity index (χ4n) is 3.70. The van der Waals surface area contributed by atoms with Crippen molar-refractivity contribution < 1.29 is 28.5 Å². The highest BCUT2D eigenvalue weighted by Crippen LogP contribution is 2.38. The number of nitrogens with zero attached hydrogens (tertiary/aromatic N) is 1. The van der Waals surface area contributed by atoms with Crippen molar-refractivity contribution in [1.82, 2.24) is 4.90 Å². The van der Waals surface area contributed by atoms with Crippen molar-refractivity contribution in [3.8, 4) is 17.2 Å². The van der Waals surface area contributed by atoms with Gasteiger partial charge in [-0.05, 0) is 37.8 Å². The third-order valence-electron chi connectivity index (χ3n) is 5.09. The van der Waals surface area contributed by atoms with Crippen LogP contribution in [0.1, 0.15) is 36.0 Å². The third kappa shape index (κ3) is 4.65. The predicted molar refractivity (Wildman–Crippen MR) is 99.9 cm³/mol. The highest BCUT2D eigenvalue weighted by molar-refractivity contribution is 5.95. The minimum atomic E-state index is -0.0831. The van der Waals surface area contributed by atoms with Gasteiger partial charge in [0.25, 0.3) is 5.91 Å². The lowest BCUT2D eigenvalue weighted by molar-refractivity contribution is 0.0307. The standard InChI is InChI=1S/C20H29NO6/c1-23-17-10-14(11-18(24-2)19(17)25-3)20(22)21(12-15-6-4-8-26-15)13-16-7-5-9-27-16/h10-11,15-16H,4-9,12-13H2,1-3H3. The van der Waals surface area contributed by atoms with Gasteiger partial charge in [0.05, 0.1) is 33.5 Å². The average molecular weight is 379 g/mol. The Kier molecular flexibility index (Phi) is 6.79. The van der Waals surface area contributed by atoms with E-state index in [2.05, 4.69) is 0 Å². The van der Waals surface area contributed by atoms with Gasteiger partial charge in [-0.1, -0.05) is 0 Å². The van der Waals surface area contributed by atoms with Crippen LogP contribution in [0.2, 0.25) is 0 Å². The molecule has 2 fully saturated rings. The van der Waals surface area contributed by atoms with E-state index < -0.39 is 0 Å². The molecule has 1 aromatic rings. The molecule has 2 atom stereocenters. The molecule has 0 bridgehead atoms. The van der Waals surface area contributed by atoms with Crippen LogP contribution in [0.4, 0.5) is 0 Å². The molecule has 0 saturated carbocycles. The summed E-state index contributed by atoms with van der Waals surface area (Å²) in [6.07, 6.45) is 4.19. The number of methoxy groups -OCH3 is 3. The number of hydrogen-bond donors (Lipinski definition) is 0. The molecule has 0 radical (unpaired) electrons. The molecule has 2 aliphatic heterocycles. The molecule has 7 heteroatoms. The second-order valence-electron chi connectivity index (χ2n) is 6.89. The summed E-state index contributed by atoms with van der Waals surface area (Å²) < 4.78 is 27.6. The highest BCUT2D eigenvalue weighted by atomic mass is 16.5. The van der Waals surface area contributed by atoms with Gasteiger partial charge in [-0.25, -0.2) is 0 Å². The van der Waals surface area contributed by atoms with E-state index >= 15 is 0 Å². The smallest absolute Gasteiger partial charge is 0.254 e. The summed E-state index contributed by atoms with van der Waals surface area (Å²) >= 11 is 0. The van der Waals surface area contributed by atoms with E-state index in [1.807, 2.05) is 4.90 Å². The van der Waals surface area contributed by atoms with E-state index in [0.29, 0.717) is 35.9 Å². The number of rotatable bonds is 8. The molecule has 0 aromatic heterocycles. The van der Waals surface area contributed by atoms with Gasteiger partial charge in [0.15, 0.2) is 11.5 Å². The van der Waals surface area contributed by atoms with Gasteiger partial charge in [0.2, 0.25) is 5.75 Å². The van der Waals surface area contributed by atoms with Crippen molar-refractivity contribution >= 4 is 5.91 Å². The van der Waals surface area contributed by atoms with E-state index in [9.17, 15) is 4.79 Å². The van der Waals surface area contributed by atoms with Crippen LogP contribution in [-0.2, 0) is 9.47 Å². The molecule has 2 saturated heterocycles. The van der Waals surface area contributed by atoms with Crippen molar-refractivity contribution in [1.29, 1.82) is 0 Å². The van der Waals surface area contributed by atoms with E-state index in [1.165, 1.54) is 0 Å². The lowest BCUT2D eigenvalue weighted by Crippen LogP contribution is -2.42. The molecule has 0 spiro atoms. The quantitative estimate of drug-likeness (QED) is 0.691. The van der Waals surface area contributed by atoms with Gasteiger partial charge in [-0.15, -0.1) is 0 Å². The first kappa shape index (κ1) is 19.8. The van der Waals surface area contributed by atoms with Gasteiger partial charge in [0, 0.05) is 31.9 Å². The summed E-state index contributed by atoms with van der Waals surface area (Å²) in [6.45, 7) is 2.65. The Morgan fingerprint density at radius 2 is 1.48 bits per heavy atom. The zero-order chi connectivity index (χ0) is 19.2. The first-order chi connectivity index (χ1) is 13.2. The summed E-state index contributed by atoms with van der Waals surface area (Å²) in [7, 11) is 4.63. The zero-order valence-corrected chi connectivity index (χ0v) is 16.4. The minimum absolute atomic E-state index is 0.0809. The maximum Gasteiger partial charge on any atom is 0.254 e. The molecule has 0 aliphatic carbocycles. The molecule has 3 rings (SSSR count). The van der Waals surface area contributed by atoms with E-state index in [4.69, 9.17) is 23.7 Å². The van der Waals surface area contributed by atoms with Crippen molar-refractivity contribution in [2.24, 2.45) is 0 Å². The first-order valence-electron chi connectivity index (χ1n) is 9.48. The van der Waals surface area contributed by atoms with Crippen molar-refractivity contribution in [3.05, 3.63) is 17.7 Å². The van der Waals surface area contributed by atoms with Crippen LogP contribution < -0.4 is 14.2 Å². The summed E-state index contributed by atoms with van der Waals surface area (Å²) in [5.74, 6) is 1.32. The molecule has 2 heterocycles. The summed E-state index contributed by atoms with van der Waals surface area (Å²) in [6, 6.07) is 3.39. The number of amides is 1. The van der Waals surface area contributed by atoms with Gasteiger partial charge in [0.1, 0.15) is 0 Å². The number of hydrogen-bond acceptors (Lipinski definition) is 6. The number of carbonyl (C=O) groups excluding carboxylic acids is 1. The maximum atomic E-state index is 13.3. The van der Waals surface area contributed by atoms with E-state index in [-0.39, 0.29) is 18.1 Å². The fourth-order valence-corrected chi connectivity index (χ4v) is 3.70. The Labute approximate surface area is 160 Å². The molecule has 0 N–H and O–H groups in total. The fraction of sp³-hybridized carbons (Fsp3) is 0.650. The van der Waals surface area contributed by atoms with Gasteiger partial charge in [-0.2, -0.15) is 0 Å². The Balaban J connectivity index is 1.84. The number of carbonyl (C=O) groups is 1. The van der Waals surface area contributed by atoms with Crippen LogP contribution in [0, 0.1) is 0 Å². The molecule has 1 amide bonds. The van der Waals surface area contributed by atoms with Crippen molar-refractivity contribution in [2.45, 2.75) is 37.9 Å². The topological polar surface area (TPSA) is 66.5 Å². The first-order valence-corrected chi connectivity index (χ1v) is 9.48. The van der Waals surface area contributed by atoms with E-state index in [1.54, 1.807) is 33.5 Å². The van der Waals surface area contributed by atoms with Gasteiger partial charge >= 0.3 is 0 Å². The molecule has 1 aromatic carbocycles. The van der Waals surface area contributed by atoms with Crippen LogP contribution in [0.3, 0.4) is 0 Å². The van der Waals surface area contributed by atoms with Crippen LogP contribution in [0.15, 0.2) is 12.1 Å². The molecule has 7 nitrogen and oxygen atoms in total. The minimum Gasteiger partial charge on any atom is -0.493 e.